The van der Waals surface area contributed by atoms with Crippen LogP contribution in [-0.2, 0) is 9.53 Å². The molecule has 1 aliphatic rings. The first-order valence-electron chi connectivity index (χ1n) is 6.00. The van der Waals surface area contributed by atoms with Crippen LogP contribution in [0.25, 0.3) is 0 Å². The van der Waals surface area contributed by atoms with Gasteiger partial charge in [-0.2, -0.15) is 0 Å². The number of ether oxygens (including phenoxy) is 1. The van der Waals surface area contributed by atoms with E-state index in [0.29, 0.717) is 5.92 Å². The number of aliphatic hydroxyl groups excluding tert-OH is 1. The zero-order valence-corrected chi connectivity index (χ0v) is 10.2. The molecule has 0 radical (unpaired) electrons. The maximum atomic E-state index is 11.4. The summed E-state index contributed by atoms with van der Waals surface area (Å²) < 4.78 is 4.62. The third kappa shape index (κ3) is 2.20. The molecule has 3 atom stereocenters. The Bertz CT molecular complexity index is 414. The van der Waals surface area contributed by atoms with Crippen LogP contribution in [0.4, 0.5) is 0 Å². The highest BCUT2D eigenvalue weighted by Crippen LogP contribution is 2.40. The van der Waals surface area contributed by atoms with Gasteiger partial charge in [0.2, 0.25) is 0 Å². The number of methoxy groups -OCH3 is 1. The third-order valence-electron chi connectivity index (χ3n) is 3.66. The molecule has 2 rings (SSSR count). The van der Waals surface area contributed by atoms with Crippen molar-refractivity contribution in [3.63, 3.8) is 0 Å². The number of aliphatic hydroxyl groups is 1. The molecule has 1 aromatic carbocycles. The predicted molar refractivity (Wildman–Crippen MR) is 64.9 cm³/mol. The van der Waals surface area contributed by atoms with E-state index in [1.807, 2.05) is 18.2 Å². The topological polar surface area (TPSA) is 46.5 Å². The quantitative estimate of drug-likeness (QED) is 0.798. The number of fused-ring (bicyclic) bond motifs is 1. The highest BCUT2D eigenvalue weighted by atomic mass is 16.5. The van der Waals surface area contributed by atoms with E-state index in [4.69, 9.17) is 0 Å². The molecule has 0 bridgehead atoms. The van der Waals surface area contributed by atoms with Crippen molar-refractivity contribution < 1.29 is 14.6 Å². The van der Waals surface area contributed by atoms with Crippen LogP contribution in [0.2, 0.25) is 0 Å². The van der Waals surface area contributed by atoms with E-state index >= 15 is 0 Å². The Morgan fingerprint density at radius 1 is 1.35 bits per heavy atom. The first-order valence-corrected chi connectivity index (χ1v) is 6.00. The van der Waals surface area contributed by atoms with Gasteiger partial charge in [-0.05, 0) is 29.9 Å². The minimum atomic E-state index is -1.05. The molecule has 0 spiro atoms. The van der Waals surface area contributed by atoms with Crippen LogP contribution >= 0.6 is 0 Å². The SMILES string of the molecule is COC(=O)C(O)C1CCC(C)c2ccccc21. The Balaban J connectivity index is 2.33. The molecule has 0 fully saturated rings. The highest BCUT2D eigenvalue weighted by molar-refractivity contribution is 5.75. The van der Waals surface area contributed by atoms with Crippen molar-refractivity contribution in [2.24, 2.45) is 0 Å². The van der Waals surface area contributed by atoms with Gasteiger partial charge in [0.05, 0.1) is 7.11 Å². The molecule has 0 aromatic heterocycles. The molecule has 3 nitrogen and oxygen atoms in total. The molecule has 0 saturated carbocycles. The van der Waals surface area contributed by atoms with E-state index < -0.39 is 12.1 Å². The Hall–Kier alpha value is -1.35. The van der Waals surface area contributed by atoms with Gasteiger partial charge in [-0.3, -0.25) is 0 Å². The molecule has 0 amide bonds. The van der Waals surface area contributed by atoms with E-state index in [1.165, 1.54) is 12.7 Å². The van der Waals surface area contributed by atoms with Gasteiger partial charge in [-0.25, -0.2) is 4.79 Å². The van der Waals surface area contributed by atoms with E-state index in [1.54, 1.807) is 0 Å². The smallest absolute Gasteiger partial charge is 0.335 e. The van der Waals surface area contributed by atoms with Crippen molar-refractivity contribution >= 4 is 5.97 Å². The number of hydrogen-bond acceptors (Lipinski definition) is 3. The first-order chi connectivity index (χ1) is 8.15. The van der Waals surface area contributed by atoms with Crippen molar-refractivity contribution in [1.82, 2.24) is 0 Å². The largest absolute Gasteiger partial charge is 0.467 e. The van der Waals surface area contributed by atoms with Gasteiger partial charge < -0.3 is 9.84 Å². The number of hydrogen-bond donors (Lipinski definition) is 1. The van der Waals surface area contributed by atoms with Crippen LogP contribution in [-0.4, -0.2) is 24.3 Å². The minimum absolute atomic E-state index is 0.130. The zero-order valence-electron chi connectivity index (χ0n) is 10.2. The summed E-state index contributed by atoms with van der Waals surface area (Å²) in [6.07, 6.45) is 0.776. The van der Waals surface area contributed by atoms with E-state index in [9.17, 15) is 9.90 Å². The van der Waals surface area contributed by atoms with Crippen molar-refractivity contribution in [3.05, 3.63) is 35.4 Å². The average Bonchev–Trinajstić information content (AvgIpc) is 2.38. The molecule has 17 heavy (non-hydrogen) atoms. The van der Waals surface area contributed by atoms with Crippen molar-refractivity contribution in [2.75, 3.05) is 7.11 Å². The van der Waals surface area contributed by atoms with Crippen molar-refractivity contribution in [3.8, 4) is 0 Å². The molecule has 0 saturated heterocycles. The summed E-state index contributed by atoms with van der Waals surface area (Å²) in [6.45, 7) is 2.18. The fourth-order valence-electron chi connectivity index (χ4n) is 2.65. The highest BCUT2D eigenvalue weighted by Gasteiger charge is 2.33. The van der Waals surface area contributed by atoms with Crippen LogP contribution in [0.15, 0.2) is 24.3 Å². The van der Waals surface area contributed by atoms with Crippen LogP contribution in [0.1, 0.15) is 42.7 Å². The second-order valence-electron chi connectivity index (χ2n) is 4.68. The molecule has 1 aromatic rings. The Kier molecular flexibility index (Phi) is 3.48. The predicted octanol–water partition coefficient (Wildman–Crippen LogP) is 2.20. The van der Waals surface area contributed by atoms with Gasteiger partial charge in [0.25, 0.3) is 0 Å². The Labute approximate surface area is 101 Å². The number of rotatable bonds is 2. The summed E-state index contributed by atoms with van der Waals surface area (Å²) in [6, 6.07) is 8.04. The van der Waals surface area contributed by atoms with E-state index in [2.05, 4.69) is 17.7 Å². The van der Waals surface area contributed by atoms with Gasteiger partial charge in [-0.15, -0.1) is 0 Å². The average molecular weight is 234 g/mol. The lowest BCUT2D eigenvalue weighted by atomic mass is 9.75. The van der Waals surface area contributed by atoms with Gasteiger partial charge in [0, 0.05) is 5.92 Å². The summed E-state index contributed by atoms with van der Waals surface area (Å²) >= 11 is 0. The molecule has 0 heterocycles. The van der Waals surface area contributed by atoms with Crippen molar-refractivity contribution in [2.45, 2.75) is 37.7 Å². The third-order valence-corrected chi connectivity index (χ3v) is 3.66. The van der Waals surface area contributed by atoms with Crippen molar-refractivity contribution in [1.29, 1.82) is 0 Å². The Morgan fingerprint density at radius 2 is 2.00 bits per heavy atom. The van der Waals surface area contributed by atoms with Gasteiger partial charge >= 0.3 is 5.97 Å². The molecule has 1 aliphatic carbocycles. The molecule has 92 valence electrons. The van der Waals surface area contributed by atoms with Gasteiger partial charge in [-0.1, -0.05) is 31.2 Å². The van der Waals surface area contributed by atoms with E-state index in [-0.39, 0.29) is 5.92 Å². The fraction of sp³-hybridized carbons (Fsp3) is 0.500. The summed E-state index contributed by atoms with van der Waals surface area (Å²) in [5.41, 5.74) is 2.33. The molecule has 1 N–H and O–H groups in total. The second kappa shape index (κ2) is 4.88. The lowest BCUT2D eigenvalue weighted by Gasteiger charge is -2.31. The van der Waals surface area contributed by atoms with Crippen LogP contribution in [0.5, 0.6) is 0 Å². The van der Waals surface area contributed by atoms with Gasteiger partial charge in [0.15, 0.2) is 6.10 Å². The second-order valence-corrected chi connectivity index (χ2v) is 4.68. The van der Waals surface area contributed by atoms with Crippen LogP contribution < -0.4 is 0 Å². The lowest BCUT2D eigenvalue weighted by molar-refractivity contribution is -0.151. The minimum Gasteiger partial charge on any atom is -0.467 e. The summed E-state index contributed by atoms with van der Waals surface area (Å²) in [5, 5.41) is 10.0. The lowest BCUT2D eigenvalue weighted by Crippen LogP contribution is -2.31. The standard InChI is InChI=1S/C14H18O3/c1-9-7-8-12(13(15)14(16)17-2)11-6-4-3-5-10(9)11/h3-6,9,12-13,15H,7-8H2,1-2H3. The van der Waals surface area contributed by atoms with Crippen LogP contribution in [0.3, 0.4) is 0 Å². The number of esters is 1. The molecular weight excluding hydrogens is 216 g/mol. The Morgan fingerprint density at radius 3 is 2.65 bits per heavy atom. The zero-order chi connectivity index (χ0) is 12.4. The molecular formula is C14H18O3. The summed E-state index contributed by atoms with van der Waals surface area (Å²) in [7, 11) is 1.31. The number of benzene rings is 1. The number of carbonyl (C=O) groups excluding carboxylic acids is 1. The monoisotopic (exact) mass is 234 g/mol. The fourth-order valence-corrected chi connectivity index (χ4v) is 2.65. The summed E-state index contributed by atoms with van der Waals surface area (Å²) in [5.74, 6) is -0.179. The van der Waals surface area contributed by atoms with Gasteiger partial charge in [0.1, 0.15) is 0 Å². The molecule has 3 heteroatoms. The summed E-state index contributed by atoms with van der Waals surface area (Å²) in [4.78, 5) is 11.4. The maximum absolute atomic E-state index is 11.4. The molecule has 0 aliphatic heterocycles. The van der Waals surface area contributed by atoms with E-state index in [0.717, 1.165) is 18.4 Å². The normalized spacial score (nSPS) is 24.9. The number of carbonyl (C=O) groups is 1. The first kappa shape index (κ1) is 12.1. The molecule has 3 unspecified atom stereocenters. The van der Waals surface area contributed by atoms with Crippen LogP contribution in [0, 0.1) is 0 Å². The maximum Gasteiger partial charge on any atom is 0.335 e.